The summed E-state index contributed by atoms with van der Waals surface area (Å²) < 4.78 is 6.65. The first-order valence-electron chi connectivity index (χ1n) is 9.34. The van der Waals surface area contributed by atoms with Crippen molar-refractivity contribution in [2.24, 2.45) is 0 Å². The summed E-state index contributed by atoms with van der Waals surface area (Å²) in [5.41, 5.74) is 3.31. The molecule has 0 unspecified atom stereocenters. The van der Waals surface area contributed by atoms with Crippen molar-refractivity contribution in [1.82, 2.24) is 19.2 Å². The standard InChI is InChI=1S/C20H24N4O2S2/c1-5-13(4)21-15(25)11-27-20-22-17-16(14-9-7-12(3)8-10-14)23-28-18(17)19(26)24(20)6-2/h7-10,13H,5-6,11H2,1-4H3,(H,21,25)/t13-/m1/s1. The third-order valence-electron chi connectivity index (χ3n) is 4.54. The van der Waals surface area contributed by atoms with Gasteiger partial charge in [0.25, 0.3) is 5.56 Å². The van der Waals surface area contributed by atoms with E-state index >= 15 is 0 Å². The Labute approximate surface area is 172 Å². The topological polar surface area (TPSA) is 76.9 Å². The molecule has 2 aromatic heterocycles. The third kappa shape index (κ3) is 4.28. The number of hydrogen-bond acceptors (Lipinski definition) is 6. The van der Waals surface area contributed by atoms with Gasteiger partial charge in [-0.1, -0.05) is 48.5 Å². The number of amides is 1. The molecule has 1 amide bonds. The van der Waals surface area contributed by atoms with Gasteiger partial charge in [-0.3, -0.25) is 14.2 Å². The van der Waals surface area contributed by atoms with Crippen molar-refractivity contribution in [3.8, 4) is 11.3 Å². The summed E-state index contributed by atoms with van der Waals surface area (Å²) in [5, 5.41) is 3.49. The van der Waals surface area contributed by atoms with Crippen LogP contribution in [0.15, 0.2) is 34.2 Å². The Morgan fingerprint density at radius 2 is 2.00 bits per heavy atom. The molecule has 0 fully saturated rings. The molecule has 0 aliphatic carbocycles. The Morgan fingerprint density at radius 1 is 1.29 bits per heavy atom. The minimum Gasteiger partial charge on any atom is -0.353 e. The molecule has 148 valence electrons. The molecule has 28 heavy (non-hydrogen) atoms. The molecule has 2 heterocycles. The highest BCUT2D eigenvalue weighted by atomic mass is 32.2. The quantitative estimate of drug-likeness (QED) is 0.468. The Hall–Kier alpha value is -2.19. The van der Waals surface area contributed by atoms with E-state index in [1.54, 1.807) is 4.57 Å². The van der Waals surface area contributed by atoms with Gasteiger partial charge < -0.3 is 5.32 Å². The zero-order chi connectivity index (χ0) is 20.3. The molecule has 0 aliphatic heterocycles. The molecular weight excluding hydrogens is 392 g/mol. The number of fused-ring (bicyclic) bond motifs is 1. The number of rotatable bonds is 7. The number of hydrogen-bond donors (Lipinski definition) is 1. The first kappa shape index (κ1) is 20.5. The van der Waals surface area contributed by atoms with E-state index < -0.39 is 0 Å². The van der Waals surface area contributed by atoms with E-state index in [1.807, 2.05) is 52.0 Å². The molecule has 1 aromatic carbocycles. The van der Waals surface area contributed by atoms with Crippen molar-refractivity contribution >= 4 is 39.4 Å². The highest BCUT2D eigenvalue weighted by molar-refractivity contribution is 7.99. The maximum Gasteiger partial charge on any atom is 0.273 e. The highest BCUT2D eigenvalue weighted by Crippen LogP contribution is 2.29. The summed E-state index contributed by atoms with van der Waals surface area (Å²) in [6, 6.07) is 8.14. The third-order valence-corrected chi connectivity index (χ3v) is 6.34. The average Bonchev–Trinajstić information content (AvgIpc) is 3.11. The summed E-state index contributed by atoms with van der Waals surface area (Å²) in [6.45, 7) is 8.42. The van der Waals surface area contributed by atoms with Crippen molar-refractivity contribution < 1.29 is 4.79 Å². The Morgan fingerprint density at radius 3 is 2.64 bits per heavy atom. The van der Waals surface area contributed by atoms with Crippen molar-refractivity contribution in [3.63, 3.8) is 0 Å². The van der Waals surface area contributed by atoms with Crippen LogP contribution in [0.3, 0.4) is 0 Å². The van der Waals surface area contributed by atoms with Gasteiger partial charge in [0, 0.05) is 18.2 Å². The smallest absolute Gasteiger partial charge is 0.273 e. The number of benzene rings is 1. The first-order valence-corrected chi connectivity index (χ1v) is 11.1. The van der Waals surface area contributed by atoms with Crippen LogP contribution >= 0.6 is 23.3 Å². The summed E-state index contributed by atoms with van der Waals surface area (Å²) in [4.78, 5) is 29.8. The maximum absolute atomic E-state index is 12.9. The molecule has 0 spiro atoms. The van der Waals surface area contributed by atoms with Gasteiger partial charge in [-0.15, -0.1) is 0 Å². The van der Waals surface area contributed by atoms with E-state index in [1.165, 1.54) is 23.3 Å². The predicted molar refractivity (Wildman–Crippen MR) is 116 cm³/mol. The number of carbonyl (C=O) groups is 1. The van der Waals surface area contributed by atoms with E-state index in [4.69, 9.17) is 4.98 Å². The fraction of sp³-hybridized carbons (Fsp3) is 0.400. The van der Waals surface area contributed by atoms with Crippen LogP contribution < -0.4 is 10.9 Å². The van der Waals surface area contributed by atoms with Crippen molar-refractivity contribution in [2.75, 3.05) is 5.75 Å². The second-order valence-corrected chi connectivity index (χ2v) is 8.40. The fourth-order valence-corrected chi connectivity index (χ4v) is 4.39. The van der Waals surface area contributed by atoms with Crippen LogP contribution in [0.1, 0.15) is 32.8 Å². The van der Waals surface area contributed by atoms with Gasteiger partial charge in [0.05, 0.1) is 5.75 Å². The first-order chi connectivity index (χ1) is 13.4. The lowest BCUT2D eigenvalue weighted by molar-refractivity contribution is -0.119. The molecular formula is C20H24N4O2S2. The summed E-state index contributed by atoms with van der Waals surface area (Å²) >= 11 is 2.47. The zero-order valence-corrected chi connectivity index (χ0v) is 18.1. The predicted octanol–water partition coefficient (Wildman–Crippen LogP) is 3.86. The molecule has 0 saturated carbocycles. The Bertz CT molecular complexity index is 1040. The molecule has 3 rings (SSSR count). The minimum atomic E-state index is -0.104. The summed E-state index contributed by atoms with van der Waals surface area (Å²) in [5.74, 6) is 0.165. The lowest BCUT2D eigenvalue weighted by Gasteiger charge is -2.12. The van der Waals surface area contributed by atoms with Crippen molar-refractivity contribution in [3.05, 3.63) is 40.2 Å². The van der Waals surface area contributed by atoms with Gasteiger partial charge in [-0.05, 0) is 38.7 Å². The Balaban J connectivity index is 1.97. The normalized spacial score (nSPS) is 12.3. The summed E-state index contributed by atoms with van der Waals surface area (Å²) in [7, 11) is 0. The molecule has 3 aromatic rings. The summed E-state index contributed by atoms with van der Waals surface area (Å²) in [6.07, 6.45) is 0.876. The van der Waals surface area contributed by atoms with Gasteiger partial charge in [0.2, 0.25) is 5.91 Å². The lowest BCUT2D eigenvalue weighted by atomic mass is 10.1. The van der Waals surface area contributed by atoms with Crippen molar-refractivity contribution in [1.29, 1.82) is 0 Å². The molecule has 1 atom stereocenters. The second-order valence-electron chi connectivity index (χ2n) is 6.68. The fourth-order valence-electron chi connectivity index (χ4n) is 2.73. The van der Waals surface area contributed by atoms with Crippen LogP contribution in [0, 0.1) is 6.92 Å². The second kappa shape index (κ2) is 8.87. The van der Waals surface area contributed by atoms with E-state index in [0.717, 1.165) is 17.5 Å². The molecule has 0 bridgehead atoms. The highest BCUT2D eigenvalue weighted by Gasteiger charge is 2.18. The van der Waals surface area contributed by atoms with Crippen LogP contribution in [0.2, 0.25) is 0 Å². The van der Waals surface area contributed by atoms with Gasteiger partial charge in [-0.2, -0.15) is 4.37 Å². The minimum absolute atomic E-state index is 0.0569. The lowest BCUT2D eigenvalue weighted by Crippen LogP contribution is -2.33. The van der Waals surface area contributed by atoms with Crippen LogP contribution in [0.5, 0.6) is 0 Å². The average molecular weight is 417 g/mol. The number of carbonyl (C=O) groups excluding carboxylic acids is 1. The molecule has 0 radical (unpaired) electrons. The van der Waals surface area contributed by atoms with Gasteiger partial charge in [-0.25, -0.2) is 4.98 Å². The monoisotopic (exact) mass is 416 g/mol. The molecule has 8 heteroatoms. The van der Waals surface area contributed by atoms with Crippen LogP contribution in [0.25, 0.3) is 21.5 Å². The van der Waals surface area contributed by atoms with Crippen LogP contribution in [-0.4, -0.2) is 31.6 Å². The van der Waals surface area contributed by atoms with E-state index in [0.29, 0.717) is 27.6 Å². The number of nitrogens with one attached hydrogen (secondary N) is 1. The van der Waals surface area contributed by atoms with Gasteiger partial charge >= 0.3 is 0 Å². The van der Waals surface area contributed by atoms with Gasteiger partial charge in [0.15, 0.2) is 5.16 Å². The zero-order valence-electron chi connectivity index (χ0n) is 16.5. The Kier molecular flexibility index (Phi) is 6.51. The van der Waals surface area contributed by atoms with E-state index in [-0.39, 0.29) is 23.3 Å². The van der Waals surface area contributed by atoms with Crippen molar-refractivity contribution in [2.45, 2.75) is 51.9 Å². The van der Waals surface area contributed by atoms with E-state index in [9.17, 15) is 9.59 Å². The molecule has 6 nitrogen and oxygen atoms in total. The molecule has 1 N–H and O–H groups in total. The maximum atomic E-state index is 12.9. The number of aromatic nitrogens is 3. The number of aryl methyl sites for hydroxylation is 1. The van der Waals surface area contributed by atoms with Crippen LogP contribution in [-0.2, 0) is 11.3 Å². The molecule has 0 saturated heterocycles. The molecule has 0 aliphatic rings. The largest absolute Gasteiger partial charge is 0.353 e. The van der Waals surface area contributed by atoms with Crippen LogP contribution in [0.4, 0.5) is 0 Å². The van der Waals surface area contributed by atoms with E-state index in [2.05, 4.69) is 9.69 Å². The van der Waals surface area contributed by atoms with Gasteiger partial charge in [0.1, 0.15) is 15.9 Å². The SMILES string of the molecule is CC[C@@H](C)NC(=O)CSc1nc2c(-c3ccc(C)cc3)nsc2c(=O)n1CC. The number of thioether (sulfide) groups is 1. The number of nitrogens with zero attached hydrogens (tertiary/aromatic N) is 3.